The molecule has 0 atom stereocenters. The molecule has 0 bridgehead atoms. The van der Waals surface area contributed by atoms with Gasteiger partial charge in [0.15, 0.2) is 0 Å². The van der Waals surface area contributed by atoms with Gasteiger partial charge in [-0.25, -0.2) is 4.98 Å². The maximum absolute atomic E-state index is 12.5. The Morgan fingerprint density at radius 3 is 2.48 bits per heavy atom. The van der Waals surface area contributed by atoms with Crippen molar-refractivity contribution in [2.75, 3.05) is 31.1 Å². The molecule has 2 fully saturated rings. The number of piperazine rings is 1. The number of nitrogens with zero attached hydrogens (tertiary/aromatic N) is 6. The summed E-state index contributed by atoms with van der Waals surface area (Å²) >= 11 is 0. The highest BCUT2D eigenvalue weighted by molar-refractivity contribution is 5.92. The Morgan fingerprint density at radius 2 is 1.83 bits per heavy atom. The van der Waals surface area contributed by atoms with Crippen LogP contribution in [0, 0.1) is 0 Å². The summed E-state index contributed by atoms with van der Waals surface area (Å²) in [5.74, 6) is 1.79. The zero-order chi connectivity index (χ0) is 19.6. The molecule has 3 heterocycles. The van der Waals surface area contributed by atoms with Gasteiger partial charge in [0, 0.05) is 55.7 Å². The number of hydrogen-bond donors (Lipinski definition) is 0. The van der Waals surface area contributed by atoms with Gasteiger partial charge >= 0.3 is 0 Å². The maximum atomic E-state index is 12.5. The maximum Gasteiger partial charge on any atom is 0.274 e. The monoisotopic (exact) mass is 390 g/mol. The lowest BCUT2D eigenvalue weighted by molar-refractivity contribution is 0.0740. The molecule has 0 N–H and O–H groups in total. The molecule has 1 saturated heterocycles. The summed E-state index contributed by atoms with van der Waals surface area (Å²) in [6, 6.07) is 8.22. The zero-order valence-corrected chi connectivity index (χ0v) is 16.1. The predicted molar refractivity (Wildman–Crippen MR) is 106 cm³/mol. The van der Waals surface area contributed by atoms with Crippen LogP contribution < -0.4 is 4.90 Å². The van der Waals surface area contributed by atoms with E-state index in [0.717, 1.165) is 43.1 Å². The minimum atomic E-state index is -0.0625. The molecule has 0 spiro atoms. The number of hydrogen-bond acceptors (Lipinski definition) is 7. The van der Waals surface area contributed by atoms with Crippen LogP contribution in [0.15, 0.2) is 47.4 Å². The average Bonchev–Trinajstić information content (AvgIpc) is 3.22. The van der Waals surface area contributed by atoms with E-state index in [1.165, 1.54) is 12.6 Å². The first-order valence-corrected chi connectivity index (χ1v) is 10.0. The fraction of sp³-hybridized carbons (Fsp3) is 0.381. The van der Waals surface area contributed by atoms with E-state index in [2.05, 4.69) is 37.1 Å². The number of carbonyl (C=O) groups is 1. The lowest BCUT2D eigenvalue weighted by atomic mass is 9.85. The zero-order valence-electron chi connectivity index (χ0n) is 16.1. The van der Waals surface area contributed by atoms with Crippen LogP contribution >= 0.6 is 0 Å². The van der Waals surface area contributed by atoms with Crippen molar-refractivity contribution in [3.63, 3.8) is 0 Å². The van der Waals surface area contributed by atoms with Gasteiger partial charge in [0.1, 0.15) is 5.69 Å². The van der Waals surface area contributed by atoms with Crippen molar-refractivity contribution in [2.24, 2.45) is 0 Å². The molecule has 1 aromatic carbocycles. The molecule has 1 aliphatic heterocycles. The second-order valence-electron chi connectivity index (χ2n) is 7.50. The van der Waals surface area contributed by atoms with E-state index < -0.39 is 0 Å². The molecule has 0 radical (unpaired) electrons. The van der Waals surface area contributed by atoms with Gasteiger partial charge in [0.25, 0.3) is 5.91 Å². The summed E-state index contributed by atoms with van der Waals surface area (Å²) in [5.41, 5.74) is 2.48. The van der Waals surface area contributed by atoms with Crippen LogP contribution in [0.25, 0.3) is 11.4 Å². The standard InChI is InChI=1S/C21H22N6O2/c28-21(18-14-22-8-9-23-18)27-12-10-26(11-13-27)17-6-4-15(5-7-17)19-24-20(29-25-19)16-2-1-3-16/h4-9,14,16H,1-3,10-13H2. The van der Waals surface area contributed by atoms with Gasteiger partial charge in [-0.05, 0) is 37.1 Å². The van der Waals surface area contributed by atoms with E-state index in [9.17, 15) is 4.79 Å². The van der Waals surface area contributed by atoms with E-state index >= 15 is 0 Å². The molecule has 8 heteroatoms. The Morgan fingerprint density at radius 1 is 1.03 bits per heavy atom. The molecule has 2 aliphatic rings. The summed E-state index contributed by atoms with van der Waals surface area (Å²) in [5, 5.41) is 4.13. The van der Waals surface area contributed by atoms with E-state index in [4.69, 9.17) is 4.52 Å². The van der Waals surface area contributed by atoms with Crippen LogP contribution in [0.5, 0.6) is 0 Å². The molecule has 8 nitrogen and oxygen atoms in total. The average molecular weight is 390 g/mol. The van der Waals surface area contributed by atoms with Crippen molar-refractivity contribution < 1.29 is 9.32 Å². The molecule has 0 unspecified atom stereocenters. The van der Waals surface area contributed by atoms with Crippen LogP contribution in [0.1, 0.15) is 41.6 Å². The van der Waals surface area contributed by atoms with Crippen LogP contribution in [0.2, 0.25) is 0 Å². The topological polar surface area (TPSA) is 88.3 Å². The summed E-state index contributed by atoms with van der Waals surface area (Å²) in [7, 11) is 0. The van der Waals surface area contributed by atoms with Crippen molar-refractivity contribution in [2.45, 2.75) is 25.2 Å². The van der Waals surface area contributed by atoms with Crippen molar-refractivity contribution in [1.29, 1.82) is 0 Å². The Hall–Kier alpha value is -3.29. The highest BCUT2D eigenvalue weighted by Crippen LogP contribution is 2.36. The molecular weight excluding hydrogens is 368 g/mol. The van der Waals surface area contributed by atoms with Crippen molar-refractivity contribution >= 4 is 11.6 Å². The molecule has 1 saturated carbocycles. The third-order valence-electron chi connectivity index (χ3n) is 5.74. The van der Waals surface area contributed by atoms with Gasteiger partial charge in [-0.1, -0.05) is 11.6 Å². The number of amides is 1. The predicted octanol–water partition coefficient (Wildman–Crippen LogP) is 2.76. The van der Waals surface area contributed by atoms with Gasteiger partial charge in [-0.15, -0.1) is 0 Å². The molecule has 5 rings (SSSR count). The van der Waals surface area contributed by atoms with Crippen LogP contribution in [-0.4, -0.2) is 57.1 Å². The summed E-state index contributed by atoms with van der Waals surface area (Å²) in [6.07, 6.45) is 8.17. The van der Waals surface area contributed by atoms with Gasteiger partial charge in [-0.3, -0.25) is 9.78 Å². The van der Waals surface area contributed by atoms with Crippen LogP contribution in [0.4, 0.5) is 5.69 Å². The van der Waals surface area contributed by atoms with Crippen LogP contribution in [-0.2, 0) is 0 Å². The number of carbonyl (C=O) groups excluding carboxylic acids is 1. The summed E-state index contributed by atoms with van der Waals surface area (Å²) < 4.78 is 5.42. The van der Waals surface area contributed by atoms with Crippen molar-refractivity contribution in [1.82, 2.24) is 25.0 Å². The largest absolute Gasteiger partial charge is 0.368 e. The normalized spacial score (nSPS) is 17.2. The van der Waals surface area contributed by atoms with E-state index in [-0.39, 0.29) is 5.91 Å². The first-order valence-electron chi connectivity index (χ1n) is 10.0. The third-order valence-corrected chi connectivity index (χ3v) is 5.74. The summed E-state index contributed by atoms with van der Waals surface area (Å²) in [6.45, 7) is 2.87. The molecule has 148 valence electrons. The van der Waals surface area contributed by atoms with Gasteiger partial charge in [0.2, 0.25) is 11.7 Å². The Labute approximate surface area is 168 Å². The third kappa shape index (κ3) is 3.57. The Kier molecular flexibility index (Phi) is 4.67. The summed E-state index contributed by atoms with van der Waals surface area (Å²) in [4.78, 5) is 29.2. The fourth-order valence-electron chi connectivity index (χ4n) is 3.73. The highest BCUT2D eigenvalue weighted by atomic mass is 16.5. The fourth-order valence-corrected chi connectivity index (χ4v) is 3.73. The highest BCUT2D eigenvalue weighted by Gasteiger charge is 2.26. The quantitative estimate of drug-likeness (QED) is 0.677. The second kappa shape index (κ2) is 7.62. The number of anilines is 1. The first-order chi connectivity index (χ1) is 14.3. The number of aromatic nitrogens is 4. The van der Waals surface area contributed by atoms with Crippen molar-refractivity contribution in [3.05, 3.63) is 54.4 Å². The SMILES string of the molecule is O=C(c1cnccn1)N1CCN(c2ccc(-c3noc(C4CCC4)n3)cc2)CC1. The molecule has 1 amide bonds. The minimum absolute atomic E-state index is 0.0625. The van der Waals surface area contributed by atoms with E-state index in [1.807, 2.05) is 17.0 Å². The van der Waals surface area contributed by atoms with E-state index in [1.54, 1.807) is 12.4 Å². The molecule has 2 aromatic heterocycles. The van der Waals surface area contributed by atoms with Gasteiger partial charge < -0.3 is 14.3 Å². The van der Waals surface area contributed by atoms with Gasteiger partial charge in [0.05, 0.1) is 6.20 Å². The second-order valence-corrected chi connectivity index (χ2v) is 7.50. The minimum Gasteiger partial charge on any atom is -0.368 e. The van der Waals surface area contributed by atoms with Gasteiger partial charge in [-0.2, -0.15) is 4.98 Å². The Bertz CT molecular complexity index is 976. The van der Waals surface area contributed by atoms with Crippen LogP contribution in [0.3, 0.4) is 0 Å². The molecule has 1 aliphatic carbocycles. The molecule has 3 aromatic rings. The lowest BCUT2D eigenvalue weighted by Gasteiger charge is -2.36. The molecular formula is C21H22N6O2. The number of benzene rings is 1. The number of rotatable bonds is 4. The lowest BCUT2D eigenvalue weighted by Crippen LogP contribution is -2.49. The van der Waals surface area contributed by atoms with Crippen molar-refractivity contribution in [3.8, 4) is 11.4 Å². The first kappa shape index (κ1) is 17.8. The smallest absolute Gasteiger partial charge is 0.274 e. The molecule has 29 heavy (non-hydrogen) atoms. The Balaban J connectivity index is 1.21. The van der Waals surface area contributed by atoms with E-state index in [0.29, 0.717) is 30.5 Å².